The standard InChI is InChI=1S/C16H22N2O4.ClH/c1-17(10-12-5-7-13(22-2)8-6-12)15(19)11-18-9-3-4-14(18)16(20)21;/h5-8,14H,3-4,9-11H2,1-2H3,(H,20,21);1H/t14-;/m0./s1. The first-order valence-electron chi connectivity index (χ1n) is 7.35. The summed E-state index contributed by atoms with van der Waals surface area (Å²) in [5.41, 5.74) is 1.01. The van der Waals surface area contributed by atoms with E-state index in [1.165, 1.54) is 0 Å². The molecule has 1 aliphatic rings. The van der Waals surface area contributed by atoms with Crippen molar-refractivity contribution in [3.63, 3.8) is 0 Å². The lowest BCUT2D eigenvalue weighted by Gasteiger charge is -2.24. The van der Waals surface area contributed by atoms with E-state index in [1.54, 1.807) is 24.0 Å². The van der Waals surface area contributed by atoms with Gasteiger partial charge in [-0.15, -0.1) is 12.4 Å². The number of halogens is 1. The second kappa shape index (κ2) is 8.74. The molecular weight excluding hydrogens is 320 g/mol. The van der Waals surface area contributed by atoms with E-state index in [-0.39, 0.29) is 24.9 Å². The molecule has 0 bridgehead atoms. The summed E-state index contributed by atoms with van der Waals surface area (Å²) in [5.74, 6) is -0.133. The number of carboxylic acids is 1. The minimum atomic E-state index is -0.844. The molecule has 1 saturated heterocycles. The van der Waals surface area contributed by atoms with E-state index < -0.39 is 12.0 Å². The Balaban J connectivity index is 0.00000264. The quantitative estimate of drug-likeness (QED) is 0.850. The number of hydrogen-bond acceptors (Lipinski definition) is 4. The molecule has 1 fully saturated rings. The molecule has 0 spiro atoms. The maximum absolute atomic E-state index is 12.3. The Labute approximate surface area is 142 Å². The van der Waals surface area contributed by atoms with Crippen LogP contribution in [-0.4, -0.2) is 60.1 Å². The second-order valence-corrected chi connectivity index (χ2v) is 5.56. The molecule has 0 unspecified atom stereocenters. The van der Waals surface area contributed by atoms with Crippen molar-refractivity contribution >= 4 is 24.3 Å². The summed E-state index contributed by atoms with van der Waals surface area (Å²) in [5, 5.41) is 9.14. The van der Waals surface area contributed by atoms with Crippen LogP contribution in [0.5, 0.6) is 5.75 Å². The lowest BCUT2D eigenvalue weighted by atomic mass is 10.2. The maximum atomic E-state index is 12.3. The number of likely N-dealkylation sites (tertiary alicyclic amines) is 1. The monoisotopic (exact) mass is 342 g/mol. The molecule has 1 atom stereocenters. The summed E-state index contributed by atoms with van der Waals surface area (Å²) >= 11 is 0. The first-order valence-corrected chi connectivity index (χ1v) is 7.35. The van der Waals surface area contributed by atoms with Gasteiger partial charge in [-0.1, -0.05) is 12.1 Å². The molecule has 1 aliphatic heterocycles. The van der Waals surface area contributed by atoms with Gasteiger partial charge in [-0.3, -0.25) is 14.5 Å². The van der Waals surface area contributed by atoms with E-state index in [0.717, 1.165) is 17.7 Å². The van der Waals surface area contributed by atoms with Gasteiger partial charge in [0.2, 0.25) is 5.91 Å². The van der Waals surface area contributed by atoms with Crippen LogP contribution in [0, 0.1) is 0 Å². The topological polar surface area (TPSA) is 70.1 Å². The number of carboxylic acid groups (broad SMARTS) is 1. The molecule has 1 aromatic rings. The fraction of sp³-hybridized carbons (Fsp3) is 0.500. The zero-order valence-corrected chi connectivity index (χ0v) is 14.2. The fourth-order valence-electron chi connectivity index (χ4n) is 2.68. The van der Waals surface area contributed by atoms with Crippen molar-refractivity contribution in [2.45, 2.75) is 25.4 Å². The number of rotatable bonds is 6. The molecule has 7 heteroatoms. The molecule has 0 aliphatic carbocycles. The van der Waals surface area contributed by atoms with Gasteiger partial charge in [0.15, 0.2) is 0 Å². The Kier molecular flexibility index (Phi) is 7.32. The summed E-state index contributed by atoms with van der Waals surface area (Å²) in [6.45, 7) is 1.32. The van der Waals surface area contributed by atoms with Crippen molar-refractivity contribution in [1.82, 2.24) is 9.80 Å². The van der Waals surface area contributed by atoms with Crippen molar-refractivity contribution in [2.75, 3.05) is 27.2 Å². The highest BCUT2D eigenvalue weighted by molar-refractivity contribution is 5.85. The molecule has 1 heterocycles. The van der Waals surface area contributed by atoms with E-state index in [2.05, 4.69) is 0 Å². The van der Waals surface area contributed by atoms with Crippen molar-refractivity contribution < 1.29 is 19.4 Å². The summed E-state index contributed by atoms with van der Waals surface area (Å²) in [7, 11) is 3.35. The van der Waals surface area contributed by atoms with Gasteiger partial charge in [-0.05, 0) is 37.1 Å². The summed E-state index contributed by atoms with van der Waals surface area (Å²) in [6.07, 6.45) is 1.44. The zero-order valence-electron chi connectivity index (χ0n) is 13.4. The molecule has 2 rings (SSSR count). The van der Waals surface area contributed by atoms with Crippen LogP contribution in [0.2, 0.25) is 0 Å². The van der Waals surface area contributed by atoms with Crippen molar-refractivity contribution in [3.05, 3.63) is 29.8 Å². The largest absolute Gasteiger partial charge is 0.497 e. The van der Waals surface area contributed by atoms with Gasteiger partial charge in [0.05, 0.1) is 13.7 Å². The number of hydrogen-bond donors (Lipinski definition) is 1. The average molecular weight is 343 g/mol. The third-order valence-corrected chi connectivity index (χ3v) is 3.99. The van der Waals surface area contributed by atoms with Crippen LogP contribution in [0.1, 0.15) is 18.4 Å². The zero-order chi connectivity index (χ0) is 16.1. The third kappa shape index (κ3) is 5.11. The molecule has 128 valence electrons. The van der Waals surface area contributed by atoms with Crippen LogP contribution in [0.3, 0.4) is 0 Å². The predicted molar refractivity (Wildman–Crippen MR) is 88.9 cm³/mol. The molecule has 6 nitrogen and oxygen atoms in total. The number of carbonyl (C=O) groups excluding carboxylic acids is 1. The smallest absolute Gasteiger partial charge is 0.320 e. The highest BCUT2D eigenvalue weighted by atomic mass is 35.5. The number of ether oxygens (including phenoxy) is 1. The number of likely N-dealkylation sites (N-methyl/N-ethyl adjacent to an activating group) is 1. The SMILES string of the molecule is COc1ccc(CN(C)C(=O)CN2CCC[C@H]2C(=O)O)cc1.Cl. The van der Waals surface area contributed by atoms with Gasteiger partial charge in [-0.25, -0.2) is 0 Å². The van der Waals surface area contributed by atoms with Crippen molar-refractivity contribution in [2.24, 2.45) is 0 Å². The average Bonchev–Trinajstić information content (AvgIpc) is 2.96. The van der Waals surface area contributed by atoms with Crippen molar-refractivity contribution in [1.29, 1.82) is 0 Å². The molecule has 1 N–H and O–H groups in total. The Bertz CT molecular complexity index is 535. The van der Waals surface area contributed by atoms with Crippen LogP contribution >= 0.6 is 12.4 Å². The normalized spacial score (nSPS) is 17.4. The molecule has 0 aromatic heterocycles. The van der Waals surface area contributed by atoms with E-state index in [9.17, 15) is 9.59 Å². The van der Waals surface area contributed by atoms with E-state index in [1.807, 2.05) is 24.3 Å². The molecule has 1 aromatic carbocycles. The van der Waals surface area contributed by atoms with Crippen molar-refractivity contribution in [3.8, 4) is 5.75 Å². The van der Waals surface area contributed by atoms with Crippen LogP contribution in [0.4, 0.5) is 0 Å². The van der Waals surface area contributed by atoms with Crippen LogP contribution in [0.15, 0.2) is 24.3 Å². The molecule has 0 saturated carbocycles. The molecule has 0 radical (unpaired) electrons. The Morgan fingerprint density at radius 2 is 2.00 bits per heavy atom. The van der Waals surface area contributed by atoms with Gasteiger partial charge >= 0.3 is 5.97 Å². The van der Waals surface area contributed by atoms with E-state index in [4.69, 9.17) is 9.84 Å². The van der Waals surface area contributed by atoms with Gasteiger partial charge in [0.1, 0.15) is 11.8 Å². The van der Waals surface area contributed by atoms with Gasteiger partial charge in [0.25, 0.3) is 0 Å². The fourth-order valence-corrected chi connectivity index (χ4v) is 2.68. The number of amides is 1. The number of benzene rings is 1. The first kappa shape index (κ1) is 19.3. The van der Waals surface area contributed by atoms with Crippen LogP contribution in [0.25, 0.3) is 0 Å². The van der Waals surface area contributed by atoms with Gasteiger partial charge in [0, 0.05) is 13.6 Å². The highest BCUT2D eigenvalue weighted by Crippen LogP contribution is 2.18. The second-order valence-electron chi connectivity index (χ2n) is 5.56. The first-order chi connectivity index (χ1) is 10.5. The summed E-state index contributed by atoms with van der Waals surface area (Å²) < 4.78 is 5.10. The summed E-state index contributed by atoms with van der Waals surface area (Å²) in [6, 6.07) is 7.01. The number of aliphatic carboxylic acids is 1. The Morgan fingerprint density at radius 3 is 2.57 bits per heavy atom. The molecule has 23 heavy (non-hydrogen) atoms. The predicted octanol–water partition coefficient (Wildman–Crippen LogP) is 1.62. The van der Waals surface area contributed by atoms with Crippen LogP contribution in [-0.2, 0) is 16.1 Å². The molecule has 1 amide bonds. The summed E-state index contributed by atoms with van der Waals surface area (Å²) in [4.78, 5) is 26.8. The lowest BCUT2D eigenvalue weighted by molar-refractivity contribution is -0.143. The number of methoxy groups -OCH3 is 1. The van der Waals surface area contributed by atoms with Crippen LogP contribution < -0.4 is 4.74 Å². The Hall–Kier alpha value is -1.79. The van der Waals surface area contributed by atoms with E-state index in [0.29, 0.717) is 19.5 Å². The third-order valence-electron chi connectivity index (χ3n) is 3.99. The lowest BCUT2D eigenvalue weighted by Crippen LogP contribution is -2.43. The van der Waals surface area contributed by atoms with Gasteiger partial charge < -0.3 is 14.7 Å². The number of carbonyl (C=O) groups is 2. The molecular formula is C16H23ClN2O4. The minimum Gasteiger partial charge on any atom is -0.497 e. The van der Waals surface area contributed by atoms with Gasteiger partial charge in [-0.2, -0.15) is 0 Å². The van der Waals surface area contributed by atoms with E-state index >= 15 is 0 Å². The Morgan fingerprint density at radius 1 is 1.35 bits per heavy atom. The number of nitrogens with zero attached hydrogens (tertiary/aromatic N) is 2. The maximum Gasteiger partial charge on any atom is 0.320 e. The minimum absolute atomic E-state index is 0. The highest BCUT2D eigenvalue weighted by Gasteiger charge is 2.32.